The van der Waals surface area contributed by atoms with E-state index in [0.29, 0.717) is 27.3 Å². The van der Waals surface area contributed by atoms with Crippen LogP contribution in [0.15, 0.2) is 61.3 Å². The molecule has 0 aliphatic heterocycles. The second-order valence-corrected chi connectivity index (χ2v) is 8.68. The summed E-state index contributed by atoms with van der Waals surface area (Å²) in [6, 6.07) is 11.2. The first kappa shape index (κ1) is 21.1. The predicted molar refractivity (Wildman–Crippen MR) is 130 cm³/mol. The van der Waals surface area contributed by atoms with Crippen molar-refractivity contribution in [2.45, 2.75) is 13.1 Å². The third-order valence-corrected chi connectivity index (χ3v) is 6.19. The summed E-state index contributed by atoms with van der Waals surface area (Å²) in [5.74, 6) is 0.542. The Hall–Kier alpha value is -3.73. The molecule has 0 unspecified atom stereocenters. The Labute approximate surface area is 197 Å². The molecule has 1 amide bonds. The van der Waals surface area contributed by atoms with Crippen LogP contribution in [0.3, 0.4) is 0 Å². The van der Waals surface area contributed by atoms with E-state index in [2.05, 4.69) is 30.6 Å². The molecule has 0 aliphatic rings. The van der Waals surface area contributed by atoms with Gasteiger partial charge in [-0.1, -0.05) is 35.1 Å². The van der Waals surface area contributed by atoms with Crippen LogP contribution in [0, 0.1) is 0 Å². The summed E-state index contributed by atoms with van der Waals surface area (Å²) in [7, 11) is 0. The van der Waals surface area contributed by atoms with Gasteiger partial charge in [-0.05, 0) is 29.8 Å². The minimum absolute atomic E-state index is 0.269. The lowest BCUT2D eigenvalue weighted by Crippen LogP contribution is -2.13. The zero-order valence-corrected chi connectivity index (χ0v) is 18.8. The molecule has 0 saturated heterocycles. The van der Waals surface area contributed by atoms with Crippen molar-refractivity contribution in [1.29, 1.82) is 0 Å². The van der Waals surface area contributed by atoms with Crippen LogP contribution in [0.25, 0.3) is 11.0 Å². The topological polar surface area (TPSA) is 127 Å². The quantitative estimate of drug-likeness (QED) is 0.275. The van der Waals surface area contributed by atoms with Crippen LogP contribution in [-0.2, 0) is 13.1 Å². The molecule has 0 spiro atoms. The first-order valence-electron chi connectivity index (χ1n) is 10.0. The summed E-state index contributed by atoms with van der Waals surface area (Å²) in [6.07, 6.45) is 6.90. The smallest absolute Gasteiger partial charge is 0.267 e. The molecule has 3 heterocycles. The summed E-state index contributed by atoms with van der Waals surface area (Å²) >= 11 is 7.47. The molecule has 0 radical (unpaired) electrons. The highest BCUT2D eigenvalue weighted by molar-refractivity contribution is 7.17. The van der Waals surface area contributed by atoms with E-state index >= 15 is 0 Å². The van der Waals surface area contributed by atoms with E-state index in [1.165, 1.54) is 17.5 Å². The zero-order valence-electron chi connectivity index (χ0n) is 17.2. The lowest BCUT2D eigenvalue weighted by atomic mass is 10.1. The summed E-state index contributed by atoms with van der Waals surface area (Å²) in [4.78, 5) is 29.5. The number of fused-ring (bicyclic) bond motifs is 1. The molecule has 3 aromatic heterocycles. The molecular formula is C22H19ClN8OS. The van der Waals surface area contributed by atoms with Gasteiger partial charge in [0.1, 0.15) is 10.7 Å². The van der Waals surface area contributed by atoms with Gasteiger partial charge in [0.25, 0.3) is 5.91 Å². The van der Waals surface area contributed by atoms with Gasteiger partial charge in [-0.15, -0.1) is 0 Å². The van der Waals surface area contributed by atoms with E-state index in [0.717, 1.165) is 28.1 Å². The molecule has 5 aromatic rings. The number of nitrogens with one attached hydrogen (secondary N) is 3. The maximum atomic E-state index is 12.7. The lowest BCUT2D eigenvalue weighted by molar-refractivity contribution is 0.103. The summed E-state index contributed by atoms with van der Waals surface area (Å²) < 4.78 is 1.94. The molecule has 0 fully saturated rings. The number of aromatic nitrogens is 5. The van der Waals surface area contributed by atoms with Crippen molar-refractivity contribution >= 4 is 56.4 Å². The van der Waals surface area contributed by atoms with Crippen molar-refractivity contribution in [3.63, 3.8) is 0 Å². The van der Waals surface area contributed by atoms with Crippen molar-refractivity contribution < 1.29 is 4.79 Å². The standard InChI is InChI=1S/C22H19ClN8OS/c23-15-3-1-2-13(9-24)20(15)30-21(32)18-10-26-22(33-18)27-14-4-5-16-17(8-14)29-19(28-16)11-31-7-6-25-12-31/h1-8,10,12H,9,11,24H2,(H,26,27)(H,28,29)(H,30,32). The van der Waals surface area contributed by atoms with Gasteiger partial charge in [-0.25, -0.2) is 15.0 Å². The lowest BCUT2D eigenvalue weighted by Gasteiger charge is -2.10. The van der Waals surface area contributed by atoms with E-state index in [1.54, 1.807) is 24.7 Å². The molecule has 166 valence electrons. The number of rotatable bonds is 7. The third-order valence-electron chi connectivity index (χ3n) is 4.96. The number of anilines is 3. The number of carbonyl (C=O) groups is 1. The number of para-hydroxylation sites is 1. The molecule has 5 N–H and O–H groups in total. The number of amides is 1. The minimum Gasteiger partial charge on any atom is -0.340 e. The largest absolute Gasteiger partial charge is 0.340 e. The van der Waals surface area contributed by atoms with Crippen molar-refractivity contribution in [2.75, 3.05) is 10.6 Å². The Morgan fingerprint density at radius 3 is 3.00 bits per heavy atom. The molecule has 33 heavy (non-hydrogen) atoms. The number of aromatic amines is 1. The molecule has 9 nitrogen and oxygen atoms in total. The van der Waals surface area contributed by atoms with E-state index in [-0.39, 0.29) is 12.5 Å². The number of hydrogen-bond donors (Lipinski definition) is 4. The van der Waals surface area contributed by atoms with Crippen molar-refractivity contribution in [2.24, 2.45) is 5.73 Å². The van der Waals surface area contributed by atoms with Gasteiger partial charge >= 0.3 is 0 Å². The fourth-order valence-corrected chi connectivity index (χ4v) is 4.35. The normalized spacial score (nSPS) is 11.1. The fourth-order valence-electron chi connectivity index (χ4n) is 3.38. The van der Waals surface area contributed by atoms with Gasteiger partial charge in [0.2, 0.25) is 0 Å². The van der Waals surface area contributed by atoms with Crippen LogP contribution in [0.1, 0.15) is 21.1 Å². The molecule has 11 heteroatoms. The van der Waals surface area contributed by atoms with Crippen molar-refractivity contribution in [3.8, 4) is 0 Å². The predicted octanol–water partition coefficient (Wildman–Crippen LogP) is 4.37. The van der Waals surface area contributed by atoms with Gasteiger partial charge < -0.3 is 25.9 Å². The van der Waals surface area contributed by atoms with Gasteiger partial charge in [-0.2, -0.15) is 0 Å². The molecule has 5 rings (SSSR count). The first-order chi connectivity index (χ1) is 16.1. The molecule has 2 aromatic carbocycles. The third kappa shape index (κ3) is 4.58. The van der Waals surface area contributed by atoms with Crippen LogP contribution in [0.2, 0.25) is 5.02 Å². The molecular weight excluding hydrogens is 460 g/mol. The Balaban J connectivity index is 1.30. The number of nitrogens with two attached hydrogens (primary N) is 1. The fraction of sp³-hybridized carbons (Fsp3) is 0.0909. The number of thiazole rings is 1. The highest BCUT2D eigenvalue weighted by atomic mass is 35.5. The van der Waals surface area contributed by atoms with E-state index in [9.17, 15) is 4.79 Å². The van der Waals surface area contributed by atoms with Gasteiger partial charge in [0.05, 0.1) is 40.8 Å². The van der Waals surface area contributed by atoms with E-state index < -0.39 is 0 Å². The Kier molecular flexibility index (Phi) is 5.78. The first-order valence-corrected chi connectivity index (χ1v) is 11.2. The number of imidazole rings is 2. The Morgan fingerprint density at radius 2 is 2.18 bits per heavy atom. The van der Waals surface area contributed by atoms with Crippen molar-refractivity contribution in [3.05, 3.63) is 82.6 Å². The zero-order chi connectivity index (χ0) is 22.8. The highest BCUT2D eigenvalue weighted by Gasteiger charge is 2.15. The molecule has 0 bridgehead atoms. The molecule has 0 atom stereocenters. The number of halogens is 1. The number of hydrogen-bond acceptors (Lipinski definition) is 7. The number of H-pyrrole nitrogens is 1. The van der Waals surface area contributed by atoms with Crippen molar-refractivity contribution in [1.82, 2.24) is 24.5 Å². The monoisotopic (exact) mass is 478 g/mol. The Morgan fingerprint density at radius 1 is 1.27 bits per heavy atom. The average Bonchev–Trinajstić information content (AvgIpc) is 3.56. The summed E-state index contributed by atoms with van der Waals surface area (Å²) in [6.45, 7) is 0.880. The Bertz CT molecular complexity index is 1430. The van der Waals surface area contributed by atoms with Crippen LogP contribution in [0.4, 0.5) is 16.5 Å². The molecule has 0 aliphatic carbocycles. The maximum absolute atomic E-state index is 12.7. The van der Waals surface area contributed by atoms with Gasteiger partial charge in [-0.3, -0.25) is 4.79 Å². The van der Waals surface area contributed by atoms with Gasteiger partial charge in [0, 0.05) is 24.6 Å². The summed E-state index contributed by atoms with van der Waals surface area (Å²) in [5, 5.41) is 7.10. The van der Waals surface area contributed by atoms with Crippen LogP contribution in [-0.4, -0.2) is 30.4 Å². The average molecular weight is 479 g/mol. The SMILES string of the molecule is NCc1cccc(Cl)c1NC(=O)c1cnc(Nc2ccc3[nH]c(Cn4ccnc4)nc3c2)s1. The number of nitrogens with zero attached hydrogens (tertiary/aromatic N) is 4. The second kappa shape index (κ2) is 9.02. The maximum Gasteiger partial charge on any atom is 0.267 e. The van der Waals surface area contributed by atoms with Crippen LogP contribution >= 0.6 is 22.9 Å². The van der Waals surface area contributed by atoms with Crippen LogP contribution < -0.4 is 16.4 Å². The summed E-state index contributed by atoms with van der Waals surface area (Å²) in [5.41, 5.74) is 9.63. The van der Waals surface area contributed by atoms with Crippen LogP contribution in [0.5, 0.6) is 0 Å². The molecule has 0 saturated carbocycles. The van der Waals surface area contributed by atoms with E-state index in [4.69, 9.17) is 17.3 Å². The number of benzene rings is 2. The van der Waals surface area contributed by atoms with Gasteiger partial charge in [0.15, 0.2) is 5.13 Å². The minimum atomic E-state index is -0.296. The number of carbonyl (C=O) groups excluding carboxylic acids is 1. The van der Waals surface area contributed by atoms with E-state index in [1.807, 2.05) is 35.0 Å². The second-order valence-electron chi connectivity index (χ2n) is 7.24. The highest BCUT2D eigenvalue weighted by Crippen LogP contribution is 2.29.